The second-order valence-electron chi connectivity index (χ2n) is 5.30. The minimum atomic E-state index is -2.92. The van der Waals surface area contributed by atoms with Crippen LogP contribution in [0.1, 0.15) is 6.42 Å². The van der Waals surface area contributed by atoms with Crippen LogP contribution in [0.5, 0.6) is 5.75 Å². The van der Waals surface area contributed by atoms with Crippen molar-refractivity contribution in [1.29, 1.82) is 0 Å². The summed E-state index contributed by atoms with van der Waals surface area (Å²) in [4.78, 5) is 25.2. The van der Waals surface area contributed by atoms with Gasteiger partial charge in [-0.15, -0.1) is 0 Å². The molecular formula is C15H19F2N3O4. The topological polar surface area (TPSA) is 90.9 Å². The fourth-order valence-electron chi connectivity index (χ4n) is 2.47. The van der Waals surface area contributed by atoms with E-state index in [1.165, 1.54) is 24.3 Å². The number of piperazine rings is 1. The van der Waals surface area contributed by atoms with Crippen molar-refractivity contribution in [1.82, 2.24) is 10.2 Å². The number of carbonyl (C=O) groups excluding carboxylic acids is 1. The van der Waals surface area contributed by atoms with Crippen molar-refractivity contribution in [3.63, 3.8) is 0 Å². The fourth-order valence-corrected chi connectivity index (χ4v) is 2.47. The van der Waals surface area contributed by atoms with E-state index in [0.717, 1.165) is 0 Å². The van der Waals surface area contributed by atoms with Crippen LogP contribution in [0, 0.1) is 0 Å². The molecule has 3 N–H and O–H groups in total. The molecule has 1 atom stereocenters. The van der Waals surface area contributed by atoms with Gasteiger partial charge in [0, 0.05) is 31.9 Å². The van der Waals surface area contributed by atoms with Crippen LogP contribution in [0.4, 0.5) is 14.5 Å². The van der Waals surface area contributed by atoms with Crippen molar-refractivity contribution >= 4 is 17.6 Å². The summed E-state index contributed by atoms with van der Waals surface area (Å²) in [7, 11) is 0. The number of rotatable bonds is 7. The van der Waals surface area contributed by atoms with Crippen LogP contribution in [-0.2, 0) is 9.59 Å². The fraction of sp³-hybridized carbons (Fsp3) is 0.467. The monoisotopic (exact) mass is 343 g/mol. The number of anilines is 1. The first kappa shape index (κ1) is 18.1. The Bertz CT molecular complexity index is 562. The van der Waals surface area contributed by atoms with Crippen LogP contribution in [0.15, 0.2) is 24.3 Å². The van der Waals surface area contributed by atoms with Crippen molar-refractivity contribution in [2.24, 2.45) is 0 Å². The standard InChI is InChI=1S/C15H19F2N3O4/c16-15(17)24-11-3-1-10(2-4-11)19-13(21)9-12(14(22)23)20-7-5-18-6-8-20/h1-4,12,15,18H,5-9H2,(H,19,21)(H,22,23)/t12-/m1/s1. The van der Waals surface area contributed by atoms with Crippen molar-refractivity contribution in [3.05, 3.63) is 24.3 Å². The molecule has 1 aliphatic rings. The van der Waals surface area contributed by atoms with E-state index in [1.54, 1.807) is 4.90 Å². The molecule has 2 rings (SSSR count). The first-order valence-electron chi connectivity index (χ1n) is 7.48. The Kier molecular flexibility index (Phi) is 6.44. The number of hydrogen-bond acceptors (Lipinski definition) is 5. The van der Waals surface area contributed by atoms with Crippen LogP contribution >= 0.6 is 0 Å². The van der Waals surface area contributed by atoms with Crippen molar-refractivity contribution in [3.8, 4) is 5.75 Å². The Hall–Kier alpha value is -2.26. The zero-order valence-electron chi connectivity index (χ0n) is 12.9. The second-order valence-corrected chi connectivity index (χ2v) is 5.30. The van der Waals surface area contributed by atoms with E-state index >= 15 is 0 Å². The van der Waals surface area contributed by atoms with Gasteiger partial charge in [-0.25, -0.2) is 0 Å². The summed E-state index contributed by atoms with van der Waals surface area (Å²) in [6, 6.07) is 4.53. The minimum absolute atomic E-state index is 0.0211. The van der Waals surface area contributed by atoms with Gasteiger partial charge >= 0.3 is 12.6 Å². The Morgan fingerprint density at radius 2 is 1.88 bits per heavy atom. The highest BCUT2D eigenvalue weighted by molar-refractivity contribution is 5.94. The van der Waals surface area contributed by atoms with Gasteiger partial charge in [0.15, 0.2) is 0 Å². The van der Waals surface area contributed by atoms with Gasteiger partial charge < -0.3 is 20.5 Å². The number of carbonyl (C=O) groups is 2. The molecule has 1 aliphatic heterocycles. The molecular weight excluding hydrogens is 324 g/mol. The Balaban J connectivity index is 1.91. The molecule has 1 fully saturated rings. The first-order chi connectivity index (χ1) is 11.5. The molecule has 0 spiro atoms. The van der Waals surface area contributed by atoms with Crippen LogP contribution in [0.25, 0.3) is 0 Å². The third-order valence-electron chi connectivity index (χ3n) is 3.62. The summed E-state index contributed by atoms with van der Waals surface area (Å²) in [5.74, 6) is -1.52. The summed E-state index contributed by atoms with van der Waals surface area (Å²) in [6.45, 7) is -0.442. The summed E-state index contributed by atoms with van der Waals surface area (Å²) in [6.07, 6.45) is -0.190. The molecule has 7 nitrogen and oxygen atoms in total. The number of hydrogen-bond donors (Lipinski definition) is 3. The van der Waals surface area contributed by atoms with Crippen molar-refractivity contribution < 1.29 is 28.2 Å². The molecule has 1 saturated heterocycles. The molecule has 132 valence electrons. The average Bonchev–Trinajstić information content (AvgIpc) is 2.54. The van der Waals surface area contributed by atoms with E-state index in [1.807, 2.05) is 0 Å². The van der Waals surface area contributed by atoms with E-state index in [0.29, 0.717) is 31.9 Å². The Labute approximate surface area is 137 Å². The lowest BCUT2D eigenvalue weighted by atomic mass is 10.1. The summed E-state index contributed by atoms with van der Waals surface area (Å²) in [5, 5.41) is 15.0. The summed E-state index contributed by atoms with van der Waals surface area (Å²) >= 11 is 0. The van der Waals surface area contributed by atoms with Gasteiger partial charge in [0.2, 0.25) is 5.91 Å². The molecule has 24 heavy (non-hydrogen) atoms. The number of benzene rings is 1. The quantitative estimate of drug-likeness (QED) is 0.684. The van der Waals surface area contributed by atoms with Gasteiger partial charge in [0.05, 0.1) is 6.42 Å². The zero-order valence-corrected chi connectivity index (χ0v) is 12.9. The van der Waals surface area contributed by atoms with Crippen LogP contribution in [0.3, 0.4) is 0 Å². The third kappa shape index (κ3) is 5.43. The lowest BCUT2D eigenvalue weighted by Crippen LogP contribution is -2.52. The van der Waals surface area contributed by atoms with E-state index in [4.69, 9.17) is 0 Å². The number of amides is 1. The van der Waals surface area contributed by atoms with Gasteiger partial charge in [-0.2, -0.15) is 8.78 Å². The molecule has 1 aromatic carbocycles. The molecule has 0 saturated carbocycles. The highest BCUT2D eigenvalue weighted by atomic mass is 19.3. The van der Waals surface area contributed by atoms with E-state index in [9.17, 15) is 23.5 Å². The van der Waals surface area contributed by atoms with E-state index < -0.39 is 24.5 Å². The highest BCUT2D eigenvalue weighted by Crippen LogP contribution is 2.18. The maximum absolute atomic E-state index is 12.1. The predicted molar refractivity (Wildman–Crippen MR) is 82.2 cm³/mol. The minimum Gasteiger partial charge on any atom is -0.480 e. The van der Waals surface area contributed by atoms with E-state index in [2.05, 4.69) is 15.4 Å². The average molecular weight is 343 g/mol. The molecule has 1 heterocycles. The highest BCUT2D eigenvalue weighted by Gasteiger charge is 2.29. The number of nitrogens with zero attached hydrogens (tertiary/aromatic N) is 1. The predicted octanol–water partition coefficient (Wildman–Crippen LogP) is 0.975. The number of ether oxygens (including phenoxy) is 1. The Morgan fingerprint density at radius 1 is 1.25 bits per heavy atom. The molecule has 0 aliphatic carbocycles. The largest absolute Gasteiger partial charge is 0.480 e. The summed E-state index contributed by atoms with van der Waals surface area (Å²) in [5.41, 5.74) is 0.381. The maximum Gasteiger partial charge on any atom is 0.387 e. The smallest absolute Gasteiger partial charge is 0.387 e. The van der Waals surface area contributed by atoms with Crippen LogP contribution < -0.4 is 15.4 Å². The summed E-state index contributed by atoms with van der Waals surface area (Å²) < 4.78 is 28.4. The zero-order chi connectivity index (χ0) is 17.5. The lowest BCUT2D eigenvalue weighted by Gasteiger charge is -2.32. The number of halogens is 2. The number of aliphatic carboxylic acids is 1. The van der Waals surface area contributed by atoms with Gasteiger partial charge in [-0.3, -0.25) is 14.5 Å². The van der Waals surface area contributed by atoms with Gasteiger partial charge in [0.25, 0.3) is 0 Å². The van der Waals surface area contributed by atoms with Crippen molar-refractivity contribution in [2.75, 3.05) is 31.5 Å². The van der Waals surface area contributed by atoms with Crippen molar-refractivity contribution in [2.45, 2.75) is 19.1 Å². The third-order valence-corrected chi connectivity index (χ3v) is 3.62. The lowest BCUT2D eigenvalue weighted by molar-refractivity contribution is -0.145. The second kappa shape index (κ2) is 8.55. The van der Waals surface area contributed by atoms with Gasteiger partial charge in [0.1, 0.15) is 11.8 Å². The molecule has 0 unspecified atom stereocenters. The Morgan fingerprint density at radius 3 is 2.42 bits per heavy atom. The molecule has 0 aromatic heterocycles. The van der Waals surface area contributed by atoms with Crippen LogP contribution in [0.2, 0.25) is 0 Å². The molecule has 0 bridgehead atoms. The van der Waals surface area contributed by atoms with Gasteiger partial charge in [-0.05, 0) is 24.3 Å². The maximum atomic E-state index is 12.1. The SMILES string of the molecule is O=C(C[C@H](C(=O)O)N1CCNCC1)Nc1ccc(OC(F)F)cc1. The number of nitrogens with one attached hydrogen (secondary N) is 2. The molecule has 9 heteroatoms. The van der Waals surface area contributed by atoms with Gasteiger partial charge in [-0.1, -0.05) is 0 Å². The van der Waals surface area contributed by atoms with Crippen LogP contribution in [-0.4, -0.2) is 60.7 Å². The first-order valence-corrected chi connectivity index (χ1v) is 7.48. The number of carboxylic acids is 1. The molecule has 0 radical (unpaired) electrons. The van der Waals surface area contributed by atoms with E-state index in [-0.39, 0.29) is 12.2 Å². The number of carboxylic acid groups (broad SMARTS) is 1. The number of alkyl halides is 2. The molecule has 1 amide bonds. The molecule has 1 aromatic rings. The normalized spacial score (nSPS) is 16.6.